The number of phenols is 2. The summed E-state index contributed by atoms with van der Waals surface area (Å²) in [7, 11) is 2.41. The van der Waals surface area contributed by atoms with E-state index in [0.29, 0.717) is 34.6 Å². The summed E-state index contributed by atoms with van der Waals surface area (Å²) in [5.74, 6) is 3.29. The van der Waals surface area contributed by atoms with Crippen LogP contribution in [-0.4, -0.2) is 79.8 Å². The molecule has 0 radical (unpaired) electrons. The van der Waals surface area contributed by atoms with Crippen LogP contribution >= 0.6 is 11.6 Å². The van der Waals surface area contributed by atoms with Gasteiger partial charge in [-0.15, -0.1) is 20.4 Å². The molecule has 2 N–H and O–H groups in total. The Morgan fingerprint density at radius 3 is 1.60 bits per heavy atom. The number of benzene rings is 2. The second-order valence-corrected chi connectivity index (χ2v) is 15.7. The number of hydrogen-bond donors (Lipinski definition) is 2. The summed E-state index contributed by atoms with van der Waals surface area (Å²) in [6.07, 6.45) is 7.38. The average molecular weight is 811 g/mol. The molecule has 2 fully saturated rings. The van der Waals surface area contributed by atoms with Crippen molar-refractivity contribution in [2.24, 2.45) is 0 Å². The van der Waals surface area contributed by atoms with E-state index < -0.39 is 0 Å². The van der Waals surface area contributed by atoms with Crippen LogP contribution in [0.25, 0.3) is 0 Å². The molecule has 4 aliphatic rings. The van der Waals surface area contributed by atoms with Crippen molar-refractivity contribution >= 4 is 23.2 Å². The molecule has 2 aromatic heterocycles. The number of phenolic OH excluding ortho intramolecular Hbond substituents is 2. The second kappa shape index (κ2) is 21.2. The maximum atomic E-state index is 9.85. The first-order valence-electron chi connectivity index (χ1n) is 19.5. The molecule has 304 valence electrons. The van der Waals surface area contributed by atoms with Gasteiger partial charge in [0.05, 0.1) is 7.11 Å². The number of aromatic hydroxyl groups is 2. The van der Waals surface area contributed by atoms with E-state index in [9.17, 15) is 10.2 Å². The van der Waals surface area contributed by atoms with Gasteiger partial charge in [-0.05, 0) is 113 Å². The zero-order valence-corrected chi connectivity index (χ0v) is 36.9. The van der Waals surface area contributed by atoms with E-state index in [1.165, 1.54) is 60.8 Å². The van der Waals surface area contributed by atoms with Crippen molar-refractivity contribution in [3.05, 3.63) is 86.1 Å². The number of rotatable bonds is 7. The van der Waals surface area contributed by atoms with Crippen molar-refractivity contribution in [1.29, 1.82) is 0 Å². The summed E-state index contributed by atoms with van der Waals surface area (Å²) in [6.45, 7) is 15.6. The number of halogens is 1. The van der Waals surface area contributed by atoms with E-state index in [2.05, 4.69) is 67.7 Å². The van der Waals surface area contributed by atoms with Crippen LogP contribution in [0.4, 0.5) is 11.6 Å². The topological polar surface area (TPSA) is 137 Å². The Balaban J connectivity index is 0.000000234. The molecular weight excluding hydrogens is 751 g/mol. The minimum Gasteiger partial charge on any atom is -0.857 e. The van der Waals surface area contributed by atoms with E-state index >= 15 is 0 Å². The molecule has 0 spiro atoms. The van der Waals surface area contributed by atoms with Gasteiger partial charge in [-0.25, -0.2) is 0 Å². The van der Waals surface area contributed by atoms with Crippen LogP contribution in [0.1, 0.15) is 104 Å². The number of piperidine rings is 2. The van der Waals surface area contributed by atoms with Gasteiger partial charge in [0, 0.05) is 86.7 Å². The van der Waals surface area contributed by atoms with Gasteiger partial charge in [0.1, 0.15) is 11.5 Å². The zero-order chi connectivity index (χ0) is 39.2. The second-order valence-electron chi connectivity index (χ2n) is 15.3. The molecule has 0 aliphatic carbocycles. The molecule has 2 saturated heterocycles. The fourth-order valence-corrected chi connectivity index (χ4v) is 8.64. The molecule has 57 heavy (non-hydrogen) atoms. The summed E-state index contributed by atoms with van der Waals surface area (Å²) in [5.41, 5.74) is 9.39. The number of aryl methyl sites for hydroxylation is 2. The monoisotopic (exact) mass is 810 g/mol. The van der Waals surface area contributed by atoms with Gasteiger partial charge in [-0.3, -0.25) is 9.80 Å². The van der Waals surface area contributed by atoms with Gasteiger partial charge in [-0.1, -0.05) is 31.2 Å². The zero-order valence-electron chi connectivity index (χ0n) is 34.2. The maximum absolute atomic E-state index is 9.85. The van der Waals surface area contributed by atoms with Crippen molar-refractivity contribution in [3.8, 4) is 17.4 Å². The van der Waals surface area contributed by atoms with Gasteiger partial charge in [0.15, 0.2) is 16.8 Å². The Morgan fingerprint density at radius 1 is 0.684 bits per heavy atom. The van der Waals surface area contributed by atoms with Crippen molar-refractivity contribution < 1.29 is 49.6 Å². The van der Waals surface area contributed by atoms with Crippen molar-refractivity contribution in [2.45, 2.75) is 125 Å². The predicted octanol–water partition coefficient (Wildman–Crippen LogP) is 4.05. The quantitative estimate of drug-likeness (QED) is 0.261. The van der Waals surface area contributed by atoms with Crippen LogP contribution < -0.4 is 49.2 Å². The van der Waals surface area contributed by atoms with Gasteiger partial charge in [0.25, 0.3) is 0 Å². The van der Waals surface area contributed by atoms with Gasteiger partial charge < -0.3 is 29.9 Å². The summed E-state index contributed by atoms with van der Waals surface area (Å²) in [4.78, 5) is 9.53. The molecule has 4 aliphatic heterocycles. The molecule has 12 nitrogen and oxygen atoms in total. The van der Waals surface area contributed by atoms with Crippen LogP contribution in [-0.2, 0) is 39.3 Å². The van der Waals surface area contributed by atoms with Crippen molar-refractivity contribution in [2.75, 3.05) is 37.1 Å². The number of fused-ring (bicyclic) bond motifs is 2. The normalized spacial score (nSPS) is 18.9. The molecule has 2 aromatic carbocycles. The summed E-state index contributed by atoms with van der Waals surface area (Å²) >= 11 is 6.38. The maximum Gasteiger partial charge on any atom is 1.00 e. The first-order valence-corrected chi connectivity index (χ1v) is 19.9. The van der Waals surface area contributed by atoms with Gasteiger partial charge in [0.2, 0.25) is 5.88 Å². The fourth-order valence-electron chi connectivity index (χ4n) is 8.42. The Labute approximate surface area is 366 Å². The Hall–Kier alpha value is -3.23. The molecular formula is C43H60ClN8NaO4. The Bertz CT molecular complexity index is 1950. The van der Waals surface area contributed by atoms with E-state index in [4.69, 9.17) is 21.4 Å². The molecule has 6 heterocycles. The van der Waals surface area contributed by atoms with E-state index in [1.807, 2.05) is 24.3 Å². The predicted molar refractivity (Wildman–Crippen MR) is 221 cm³/mol. The third-order valence-electron chi connectivity index (χ3n) is 11.6. The van der Waals surface area contributed by atoms with E-state index in [0.717, 1.165) is 93.4 Å². The molecule has 4 aromatic rings. The van der Waals surface area contributed by atoms with E-state index in [1.54, 1.807) is 19.2 Å². The van der Waals surface area contributed by atoms with Gasteiger partial charge in [-0.2, -0.15) is 7.11 Å². The molecule has 0 amide bonds. The molecule has 0 saturated carbocycles. The van der Waals surface area contributed by atoms with Crippen LogP contribution in [0, 0.1) is 13.8 Å². The third kappa shape index (κ3) is 10.7. The van der Waals surface area contributed by atoms with Crippen LogP contribution in [0.2, 0.25) is 5.15 Å². The van der Waals surface area contributed by atoms with Crippen LogP contribution in [0.3, 0.4) is 0 Å². The third-order valence-corrected chi connectivity index (χ3v) is 11.9. The molecule has 0 bridgehead atoms. The fraction of sp³-hybridized carbons (Fsp3) is 0.535. The summed E-state index contributed by atoms with van der Waals surface area (Å²) < 4.78 is 5.51. The molecule has 14 heteroatoms. The minimum atomic E-state index is 0. The smallest absolute Gasteiger partial charge is 0.857 e. The Kier molecular flexibility index (Phi) is 17.2. The number of aromatic nitrogens is 4. The van der Waals surface area contributed by atoms with E-state index in [-0.39, 0.29) is 37.0 Å². The van der Waals surface area contributed by atoms with Crippen LogP contribution in [0.15, 0.2) is 36.4 Å². The van der Waals surface area contributed by atoms with Crippen molar-refractivity contribution in [3.63, 3.8) is 0 Å². The summed E-state index contributed by atoms with van der Waals surface area (Å²) in [6, 6.07) is 12.1. The molecule has 8 rings (SSSR count). The molecule has 0 unspecified atom stereocenters. The number of hydrogen-bond acceptors (Lipinski definition) is 12. The largest absolute Gasteiger partial charge is 1.00 e. The first-order chi connectivity index (χ1) is 26.6. The number of anilines is 2. The average Bonchev–Trinajstić information content (AvgIpc) is 3.81. The minimum absolute atomic E-state index is 0. The van der Waals surface area contributed by atoms with Crippen LogP contribution in [0.5, 0.6) is 17.4 Å². The number of nitrogens with zero attached hydrogens (tertiary/aromatic N) is 8. The standard InChI is InChI=1S/C21H28N4O2.C20H25ClN4O.CH3O.CH4.Na/c1-14-7-8-17(26)10-16(14)11-24-12-18-19(13-24)21(27-3)23-22-20(18)25-9-5-4-6-15(25)2;1-13-6-7-16(26)9-15(13)10-24-11-17-18(12-24)20(23-22-19(17)21)25-8-4-3-5-14(25)2;1-2;;/h7-8,10,15,26H,4-6,9,11-13H2,1-3H3;6-7,9,14,26H,3-5,8,10-12H2,1-2H3;1H3;1H4;/q;;-1;;+1/t15-;14-;;;/m00.../s1. The summed E-state index contributed by atoms with van der Waals surface area (Å²) in [5, 5.41) is 46.1. The Morgan fingerprint density at radius 2 is 1.12 bits per heavy atom. The SMILES string of the molecule is C.COc1nnc(N2CCCC[C@@H]2C)c2c1CN(Cc1cc(O)ccc1C)C2.C[O-].Cc1ccc(O)cc1CN1Cc2c(Cl)nnc(N3CCCC[C@@H]3C)c2C1.[Na+]. The van der Waals surface area contributed by atoms with Crippen molar-refractivity contribution in [1.82, 2.24) is 30.2 Å². The van der Waals surface area contributed by atoms with Gasteiger partial charge >= 0.3 is 29.6 Å². The number of ether oxygens (including phenoxy) is 1. The first kappa shape index (κ1) is 46.5. The number of methoxy groups -OCH3 is 1. The molecule has 2 atom stereocenters.